The molecule has 0 spiro atoms. The molecule has 3 aromatic rings. The summed E-state index contributed by atoms with van der Waals surface area (Å²) in [6, 6.07) is 9.87. The second kappa shape index (κ2) is 4.94. The van der Waals surface area contributed by atoms with E-state index >= 15 is 0 Å². The summed E-state index contributed by atoms with van der Waals surface area (Å²) in [6.45, 7) is 1.28. The minimum absolute atomic E-state index is 0.245. The highest BCUT2D eigenvalue weighted by Gasteiger charge is 2.27. The van der Waals surface area contributed by atoms with Gasteiger partial charge in [-0.15, -0.1) is 11.3 Å². The van der Waals surface area contributed by atoms with E-state index in [9.17, 15) is 5.11 Å². The van der Waals surface area contributed by atoms with Crippen LogP contribution in [0.25, 0.3) is 20.7 Å². The van der Waals surface area contributed by atoms with Gasteiger partial charge in [-0.3, -0.25) is 0 Å². The number of rotatable bonds is 2. The first-order valence-electron chi connectivity index (χ1n) is 6.64. The van der Waals surface area contributed by atoms with Crippen molar-refractivity contribution >= 4 is 39.0 Å². The lowest BCUT2D eigenvalue weighted by molar-refractivity contribution is 0.141. The summed E-state index contributed by atoms with van der Waals surface area (Å²) in [5.74, 6) is 0.913. The molecule has 1 aliphatic rings. The van der Waals surface area contributed by atoms with Gasteiger partial charge in [0.25, 0.3) is 0 Å². The zero-order chi connectivity index (χ0) is 14.4. The van der Waals surface area contributed by atoms with Crippen LogP contribution in [-0.4, -0.2) is 34.3 Å². The maximum absolute atomic E-state index is 9.47. The van der Waals surface area contributed by atoms with Gasteiger partial charge in [0.15, 0.2) is 0 Å². The Morgan fingerprint density at radius 1 is 1.19 bits per heavy atom. The number of hydrogen-bond acceptors (Lipinski definition) is 5. The average Bonchev–Trinajstić information content (AvgIpc) is 2.88. The van der Waals surface area contributed by atoms with Crippen LogP contribution in [0.4, 0.5) is 5.82 Å². The topological polar surface area (TPSA) is 49.2 Å². The molecule has 6 heteroatoms. The molecule has 21 heavy (non-hydrogen) atoms. The van der Waals surface area contributed by atoms with Crippen LogP contribution in [0.15, 0.2) is 36.7 Å². The molecule has 0 bridgehead atoms. The predicted molar refractivity (Wildman–Crippen MR) is 86.1 cm³/mol. The SMILES string of the molecule is OC1CN(c2ncnc3cc(-c4ccc(Cl)cc4)sc23)C1. The van der Waals surface area contributed by atoms with E-state index < -0.39 is 0 Å². The molecule has 4 rings (SSSR count). The van der Waals surface area contributed by atoms with Gasteiger partial charge in [0.05, 0.1) is 16.3 Å². The van der Waals surface area contributed by atoms with Crippen LogP contribution in [0.2, 0.25) is 5.02 Å². The summed E-state index contributed by atoms with van der Waals surface area (Å²) in [5, 5.41) is 10.2. The minimum atomic E-state index is -0.245. The lowest BCUT2D eigenvalue weighted by atomic mass is 10.1. The summed E-state index contributed by atoms with van der Waals surface area (Å²) in [4.78, 5) is 12.0. The molecule has 0 atom stereocenters. The summed E-state index contributed by atoms with van der Waals surface area (Å²) in [5.41, 5.74) is 2.06. The number of β-amino-alcohol motifs (C(OH)–C–C–N with tert-alkyl or cyclic N) is 1. The molecule has 0 unspecified atom stereocenters. The molecule has 0 radical (unpaired) electrons. The van der Waals surface area contributed by atoms with Gasteiger partial charge in [0.1, 0.15) is 12.1 Å². The standard InChI is InChI=1S/C15H12ClN3OS/c16-10-3-1-9(2-4-10)13-5-12-14(21-13)15(18-8-17-12)19-6-11(20)7-19/h1-5,8,11,20H,6-7H2. The van der Waals surface area contributed by atoms with E-state index in [1.807, 2.05) is 24.3 Å². The number of aromatic nitrogens is 2. The second-order valence-corrected chi connectivity index (χ2v) is 6.58. The molecule has 1 aromatic carbocycles. The number of aliphatic hydroxyl groups is 1. The van der Waals surface area contributed by atoms with Crippen LogP contribution in [0.3, 0.4) is 0 Å². The van der Waals surface area contributed by atoms with E-state index in [4.69, 9.17) is 11.6 Å². The lowest BCUT2D eigenvalue weighted by Gasteiger charge is -2.36. The Bertz CT molecular complexity index is 796. The lowest BCUT2D eigenvalue weighted by Crippen LogP contribution is -2.51. The van der Waals surface area contributed by atoms with E-state index in [1.54, 1.807) is 17.7 Å². The molecular formula is C15H12ClN3OS. The van der Waals surface area contributed by atoms with E-state index in [-0.39, 0.29) is 6.10 Å². The number of hydrogen-bond donors (Lipinski definition) is 1. The maximum Gasteiger partial charge on any atom is 0.150 e. The van der Waals surface area contributed by atoms with Crippen LogP contribution in [0, 0.1) is 0 Å². The van der Waals surface area contributed by atoms with Crippen LogP contribution >= 0.6 is 22.9 Å². The Morgan fingerprint density at radius 3 is 2.67 bits per heavy atom. The molecule has 106 valence electrons. The maximum atomic E-state index is 9.47. The van der Waals surface area contributed by atoms with Gasteiger partial charge < -0.3 is 10.0 Å². The molecule has 2 aromatic heterocycles. The summed E-state index contributed by atoms with van der Waals surface area (Å²) >= 11 is 7.61. The van der Waals surface area contributed by atoms with Crippen molar-refractivity contribution in [2.24, 2.45) is 0 Å². The van der Waals surface area contributed by atoms with Crippen molar-refractivity contribution in [2.75, 3.05) is 18.0 Å². The van der Waals surface area contributed by atoms with Crippen LogP contribution in [-0.2, 0) is 0 Å². The van der Waals surface area contributed by atoms with Crippen molar-refractivity contribution in [3.05, 3.63) is 41.7 Å². The monoisotopic (exact) mass is 317 g/mol. The van der Waals surface area contributed by atoms with Gasteiger partial charge in [0, 0.05) is 23.0 Å². The first-order chi connectivity index (χ1) is 10.2. The van der Waals surface area contributed by atoms with Crippen molar-refractivity contribution < 1.29 is 5.11 Å². The molecule has 1 N–H and O–H groups in total. The van der Waals surface area contributed by atoms with Crippen LogP contribution in [0.5, 0.6) is 0 Å². The first kappa shape index (κ1) is 13.0. The summed E-state index contributed by atoms with van der Waals surface area (Å²) in [7, 11) is 0. The number of benzene rings is 1. The van der Waals surface area contributed by atoms with Crippen molar-refractivity contribution in [1.29, 1.82) is 0 Å². The van der Waals surface area contributed by atoms with Crippen molar-refractivity contribution in [3.63, 3.8) is 0 Å². The van der Waals surface area contributed by atoms with Crippen molar-refractivity contribution in [1.82, 2.24) is 9.97 Å². The third-order valence-corrected chi connectivity index (χ3v) is 5.00. The Kier molecular flexibility index (Phi) is 3.06. The highest BCUT2D eigenvalue weighted by atomic mass is 35.5. The largest absolute Gasteiger partial charge is 0.389 e. The molecule has 0 saturated carbocycles. The van der Waals surface area contributed by atoms with Crippen molar-refractivity contribution in [2.45, 2.75) is 6.10 Å². The molecule has 0 aliphatic carbocycles. The Labute approximate surface area is 130 Å². The van der Waals surface area contributed by atoms with Crippen molar-refractivity contribution in [3.8, 4) is 10.4 Å². The predicted octanol–water partition coefficient (Wildman–Crippen LogP) is 3.19. The number of thiophene rings is 1. The van der Waals surface area contributed by atoms with E-state index in [1.165, 1.54) is 0 Å². The highest BCUT2D eigenvalue weighted by molar-refractivity contribution is 7.22. The van der Waals surface area contributed by atoms with Crippen LogP contribution in [0.1, 0.15) is 0 Å². The molecule has 4 nitrogen and oxygen atoms in total. The highest BCUT2D eigenvalue weighted by Crippen LogP contribution is 2.38. The fourth-order valence-electron chi connectivity index (χ4n) is 2.45. The summed E-state index contributed by atoms with van der Waals surface area (Å²) in [6.07, 6.45) is 1.34. The number of fused-ring (bicyclic) bond motifs is 1. The quantitative estimate of drug-likeness (QED) is 0.788. The Morgan fingerprint density at radius 2 is 1.95 bits per heavy atom. The van der Waals surface area contributed by atoms with Gasteiger partial charge in [-0.2, -0.15) is 0 Å². The Balaban J connectivity index is 1.79. The van der Waals surface area contributed by atoms with Gasteiger partial charge in [-0.05, 0) is 23.8 Å². The minimum Gasteiger partial charge on any atom is -0.389 e. The number of aliphatic hydroxyl groups excluding tert-OH is 1. The van der Waals surface area contributed by atoms with Gasteiger partial charge >= 0.3 is 0 Å². The smallest absolute Gasteiger partial charge is 0.150 e. The fraction of sp³-hybridized carbons (Fsp3) is 0.200. The fourth-order valence-corrected chi connectivity index (χ4v) is 3.71. The number of anilines is 1. The Hall–Kier alpha value is -1.69. The molecule has 1 saturated heterocycles. The number of nitrogens with zero attached hydrogens (tertiary/aromatic N) is 3. The van der Waals surface area contributed by atoms with Crippen LogP contribution < -0.4 is 4.90 Å². The van der Waals surface area contributed by atoms with Gasteiger partial charge in [-0.25, -0.2) is 9.97 Å². The summed E-state index contributed by atoms with van der Waals surface area (Å²) < 4.78 is 1.06. The third kappa shape index (κ3) is 2.27. The zero-order valence-electron chi connectivity index (χ0n) is 11.0. The number of halogens is 1. The molecule has 0 amide bonds. The van der Waals surface area contributed by atoms with Gasteiger partial charge in [-0.1, -0.05) is 23.7 Å². The van der Waals surface area contributed by atoms with Gasteiger partial charge in [0.2, 0.25) is 0 Å². The third-order valence-electron chi connectivity index (χ3n) is 3.58. The van der Waals surface area contributed by atoms with E-state index in [2.05, 4.69) is 20.9 Å². The molecule has 3 heterocycles. The second-order valence-electron chi connectivity index (χ2n) is 5.09. The average molecular weight is 318 g/mol. The zero-order valence-corrected chi connectivity index (χ0v) is 12.6. The van der Waals surface area contributed by atoms with E-state index in [0.717, 1.165) is 31.5 Å². The normalized spacial score (nSPS) is 15.4. The molecule has 1 fully saturated rings. The molecular weight excluding hydrogens is 306 g/mol. The first-order valence-corrected chi connectivity index (χ1v) is 7.83. The van der Waals surface area contributed by atoms with E-state index in [0.29, 0.717) is 13.1 Å². The molecule has 1 aliphatic heterocycles.